The normalized spacial score (nSPS) is 13.9. The largest absolute Gasteiger partial charge is 0.495 e. The third kappa shape index (κ3) is 5.04. The fourth-order valence-corrected chi connectivity index (χ4v) is 3.54. The van der Waals surface area contributed by atoms with Crippen LogP contribution in [0.2, 0.25) is 0 Å². The number of anilines is 2. The van der Waals surface area contributed by atoms with Crippen LogP contribution in [0.5, 0.6) is 5.75 Å². The number of amides is 2. The highest BCUT2D eigenvalue weighted by Gasteiger charge is 2.23. The lowest BCUT2D eigenvalue weighted by Gasteiger charge is -2.37. The number of rotatable bonds is 6. The Morgan fingerprint density at radius 1 is 1.03 bits per heavy atom. The Morgan fingerprint density at radius 3 is 2.31 bits per heavy atom. The summed E-state index contributed by atoms with van der Waals surface area (Å²) in [6, 6.07) is 13.6. The number of para-hydroxylation sites is 2. The van der Waals surface area contributed by atoms with E-state index in [1.54, 1.807) is 19.2 Å². The minimum Gasteiger partial charge on any atom is -0.495 e. The average Bonchev–Trinajstić information content (AvgIpc) is 2.75. The average molecular weight is 399 g/mol. The van der Waals surface area contributed by atoms with Crippen LogP contribution in [0.1, 0.15) is 13.3 Å². The van der Waals surface area contributed by atoms with E-state index in [1.165, 1.54) is 24.0 Å². The van der Waals surface area contributed by atoms with Crippen LogP contribution in [0, 0.1) is 5.82 Å². The maximum Gasteiger partial charge on any atom is 0.224 e. The third-order valence-corrected chi connectivity index (χ3v) is 5.13. The number of halogens is 1. The number of hydrogen-bond acceptors (Lipinski definition) is 4. The molecule has 2 aromatic carbocycles. The van der Waals surface area contributed by atoms with Crippen LogP contribution in [0.25, 0.3) is 0 Å². The van der Waals surface area contributed by atoms with Crippen molar-refractivity contribution in [2.24, 2.45) is 0 Å². The Labute approximate surface area is 170 Å². The van der Waals surface area contributed by atoms with Crippen molar-refractivity contribution in [3.05, 3.63) is 54.3 Å². The molecule has 2 amide bonds. The number of carbonyl (C=O) groups is 2. The van der Waals surface area contributed by atoms with Gasteiger partial charge in [-0.15, -0.1) is 0 Å². The summed E-state index contributed by atoms with van der Waals surface area (Å²) in [4.78, 5) is 30.2. The first kappa shape index (κ1) is 20.6. The SMILES string of the molecule is COc1ccccc1N1CCN(C(=O)CCN(C(C)=O)c2ccc(F)cc2)CC1. The van der Waals surface area contributed by atoms with Gasteiger partial charge in [0, 0.05) is 51.8 Å². The van der Waals surface area contributed by atoms with Crippen molar-refractivity contribution in [2.45, 2.75) is 13.3 Å². The zero-order valence-corrected chi connectivity index (χ0v) is 16.8. The Morgan fingerprint density at radius 2 is 1.69 bits per heavy atom. The van der Waals surface area contributed by atoms with Crippen LogP contribution in [0.3, 0.4) is 0 Å². The van der Waals surface area contributed by atoms with E-state index in [0.717, 1.165) is 24.5 Å². The van der Waals surface area contributed by atoms with E-state index in [0.29, 0.717) is 18.8 Å². The number of hydrogen-bond donors (Lipinski definition) is 0. The van der Waals surface area contributed by atoms with Crippen molar-refractivity contribution >= 4 is 23.2 Å². The lowest BCUT2D eigenvalue weighted by Crippen LogP contribution is -2.49. The van der Waals surface area contributed by atoms with Crippen LogP contribution in [-0.2, 0) is 9.59 Å². The first-order valence-electron chi connectivity index (χ1n) is 9.69. The first-order valence-corrected chi connectivity index (χ1v) is 9.69. The fourth-order valence-electron chi connectivity index (χ4n) is 3.54. The summed E-state index contributed by atoms with van der Waals surface area (Å²) in [7, 11) is 1.65. The molecule has 0 unspecified atom stereocenters. The summed E-state index contributed by atoms with van der Waals surface area (Å²) in [6.45, 7) is 4.40. The molecule has 1 fully saturated rings. The van der Waals surface area contributed by atoms with Crippen LogP contribution < -0.4 is 14.5 Å². The number of methoxy groups -OCH3 is 1. The molecule has 6 nitrogen and oxygen atoms in total. The second-order valence-electron chi connectivity index (χ2n) is 6.94. The molecule has 1 saturated heterocycles. The Balaban J connectivity index is 1.55. The summed E-state index contributed by atoms with van der Waals surface area (Å²) in [5, 5.41) is 0. The smallest absolute Gasteiger partial charge is 0.224 e. The number of piperazine rings is 1. The van der Waals surface area contributed by atoms with Crippen LogP contribution in [0.15, 0.2) is 48.5 Å². The fraction of sp³-hybridized carbons (Fsp3) is 0.364. The highest BCUT2D eigenvalue weighted by Crippen LogP contribution is 2.28. The van der Waals surface area contributed by atoms with Gasteiger partial charge in [0.15, 0.2) is 0 Å². The van der Waals surface area contributed by atoms with Gasteiger partial charge in [0.1, 0.15) is 11.6 Å². The highest BCUT2D eigenvalue weighted by atomic mass is 19.1. The van der Waals surface area contributed by atoms with Gasteiger partial charge in [-0.05, 0) is 36.4 Å². The van der Waals surface area contributed by atoms with Crippen molar-refractivity contribution in [1.29, 1.82) is 0 Å². The molecule has 0 aromatic heterocycles. The molecule has 0 aliphatic carbocycles. The molecule has 1 aliphatic rings. The van der Waals surface area contributed by atoms with E-state index in [1.807, 2.05) is 29.2 Å². The number of carbonyl (C=O) groups excluding carboxylic acids is 2. The lowest BCUT2D eigenvalue weighted by molar-refractivity contribution is -0.131. The van der Waals surface area contributed by atoms with E-state index in [-0.39, 0.29) is 30.6 Å². The monoisotopic (exact) mass is 399 g/mol. The number of ether oxygens (including phenoxy) is 1. The van der Waals surface area contributed by atoms with Crippen molar-refractivity contribution in [1.82, 2.24) is 4.90 Å². The van der Waals surface area contributed by atoms with E-state index in [2.05, 4.69) is 4.90 Å². The minimum absolute atomic E-state index is 0.0121. The van der Waals surface area contributed by atoms with E-state index in [9.17, 15) is 14.0 Å². The molecule has 1 aliphatic heterocycles. The van der Waals surface area contributed by atoms with Gasteiger partial charge < -0.3 is 19.4 Å². The molecule has 3 rings (SSSR count). The van der Waals surface area contributed by atoms with Crippen molar-refractivity contribution in [2.75, 3.05) is 49.6 Å². The predicted molar refractivity (Wildman–Crippen MR) is 111 cm³/mol. The first-order chi connectivity index (χ1) is 14.0. The molecular formula is C22H26FN3O3. The highest BCUT2D eigenvalue weighted by molar-refractivity contribution is 5.92. The zero-order valence-electron chi connectivity index (χ0n) is 16.8. The Bertz CT molecular complexity index is 849. The summed E-state index contributed by atoms with van der Waals surface area (Å²) in [6.07, 6.45) is 0.228. The molecule has 29 heavy (non-hydrogen) atoms. The summed E-state index contributed by atoms with van der Waals surface area (Å²) >= 11 is 0. The summed E-state index contributed by atoms with van der Waals surface area (Å²) in [5.41, 5.74) is 1.62. The summed E-state index contributed by atoms with van der Waals surface area (Å²) in [5.74, 6) is 0.299. The Kier molecular flexibility index (Phi) is 6.69. The molecular weight excluding hydrogens is 373 g/mol. The second-order valence-corrected chi connectivity index (χ2v) is 6.94. The molecule has 0 saturated carbocycles. The molecule has 0 N–H and O–H groups in total. The van der Waals surface area contributed by atoms with E-state index < -0.39 is 0 Å². The van der Waals surface area contributed by atoms with Gasteiger partial charge in [-0.3, -0.25) is 9.59 Å². The van der Waals surface area contributed by atoms with Crippen molar-refractivity contribution in [3.8, 4) is 5.75 Å². The summed E-state index contributed by atoms with van der Waals surface area (Å²) < 4.78 is 18.6. The molecule has 2 aromatic rings. The van der Waals surface area contributed by atoms with E-state index in [4.69, 9.17) is 4.74 Å². The molecule has 0 radical (unpaired) electrons. The second kappa shape index (κ2) is 9.41. The maximum atomic E-state index is 13.1. The predicted octanol–water partition coefficient (Wildman–Crippen LogP) is 2.93. The molecule has 0 spiro atoms. The molecule has 7 heteroatoms. The Hall–Kier alpha value is -3.09. The van der Waals surface area contributed by atoms with Gasteiger partial charge in [0.05, 0.1) is 12.8 Å². The van der Waals surface area contributed by atoms with Crippen molar-refractivity contribution in [3.63, 3.8) is 0 Å². The van der Waals surface area contributed by atoms with Gasteiger partial charge in [-0.25, -0.2) is 4.39 Å². The van der Waals surface area contributed by atoms with Gasteiger partial charge in [-0.1, -0.05) is 12.1 Å². The van der Waals surface area contributed by atoms with Gasteiger partial charge >= 0.3 is 0 Å². The lowest BCUT2D eigenvalue weighted by atomic mass is 10.2. The van der Waals surface area contributed by atoms with Crippen molar-refractivity contribution < 1.29 is 18.7 Å². The molecule has 154 valence electrons. The van der Waals surface area contributed by atoms with Gasteiger partial charge in [0.2, 0.25) is 11.8 Å². The number of nitrogens with zero attached hydrogens (tertiary/aromatic N) is 3. The minimum atomic E-state index is -0.360. The van der Waals surface area contributed by atoms with Crippen LogP contribution in [-0.4, -0.2) is 56.5 Å². The quantitative estimate of drug-likeness (QED) is 0.750. The molecule has 0 atom stereocenters. The van der Waals surface area contributed by atoms with Crippen LogP contribution in [0.4, 0.5) is 15.8 Å². The topological polar surface area (TPSA) is 53.1 Å². The zero-order chi connectivity index (χ0) is 20.8. The standard InChI is InChI=1S/C22H26FN3O3/c1-17(27)26(19-9-7-18(23)8-10-19)12-11-22(28)25-15-13-24(14-16-25)20-5-3-4-6-21(20)29-2/h3-10H,11-16H2,1-2H3. The van der Waals surface area contributed by atoms with E-state index >= 15 is 0 Å². The number of benzene rings is 2. The molecule has 0 bridgehead atoms. The van der Waals surface area contributed by atoms with Gasteiger partial charge in [0.25, 0.3) is 0 Å². The van der Waals surface area contributed by atoms with Gasteiger partial charge in [-0.2, -0.15) is 0 Å². The van der Waals surface area contributed by atoms with Crippen LogP contribution >= 0.6 is 0 Å². The molecule has 1 heterocycles. The maximum absolute atomic E-state index is 13.1. The third-order valence-electron chi connectivity index (χ3n) is 5.13.